The van der Waals surface area contributed by atoms with Crippen molar-refractivity contribution < 1.29 is 9.53 Å². The van der Waals surface area contributed by atoms with Crippen molar-refractivity contribution >= 4 is 5.97 Å². The van der Waals surface area contributed by atoms with E-state index >= 15 is 0 Å². The number of methoxy groups -OCH3 is 1. The topological polar surface area (TPSA) is 52.3 Å². The van der Waals surface area contributed by atoms with E-state index in [1.807, 2.05) is 0 Å². The number of ether oxygens (including phenoxy) is 1. The Kier molecular flexibility index (Phi) is 4.94. The summed E-state index contributed by atoms with van der Waals surface area (Å²) in [5.41, 5.74) is 5.91. The maximum atomic E-state index is 11.4. The van der Waals surface area contributed by atoms with Crippen LogP contribution in [0.15, 0.2) is 0 Å². The van der Waals surface area contributed by atoms with Crippen molar-refractivity contribution in [2.45, 2.75) is 51.0 Å². The molecule has 14 heavy (non-hydrogen) atoms. The van der Waals surface area contributed by atoms with Gasteiger partial charge in [-0.15, -0.1) is 0 Å². The number of rotatable bonds is 1. The molecule has 3 heteroatoms. The summed E-state index contributed by atoms with van der Waals surface area (Å²) in [5.74, 6) is 0.0748. The van der Waals surface area contributed by atoms with Crippen molar-refractivity contribution in [3.05, 3.63) is 0 Å². The molecule has 1 saturated carbocycles. The summed E-state index contributed by atoms with van der Waals surface area (Å²) in [6, 6.07) is 0.339. The van der Waals surface area contributed by atoms with Crippen molar-refractivity contribution in [2.75, 3.05) is 7.11 Å². The molecule has 0 aromatic rings. The summed E-state index contributed by atoms with van der Waals surface area (Å²) in [5, 5.41) is 0. The number of carbonyl (C=O) groups excluding carboxylic acids is 1. The van der Waals surface area contributed by atoms with Gasteiger partial charge in [0.2, 0.25) is 0 Å². The first-order valence-corrected chi connectivity index (χ1v) is 5.57. The van der Waals surface area contributed by atoms with Gasteiger partial charge in [-0.25, -0.2) is 0 Å². The summed E-state index contributed by atoms with van der Waals surface area (Å²) in [4.78, 5) is 11.4. The molecule has 0 spiro atoms. The number of hydrogen-bond donors (Lipinski definition) is 1. The Balaban J connectivity index is 2.40. The normalized spacial score (nSPS) is 29.9. The molecule has 1 unspecified atom stereocenters. The van der Waals surface area contributed by atoms with Gasteiger partial charge in [0.05, 0.1) is 13.0 Å². The molecule has 1 rings (SSSR count). The van der Waals surface area contributed by atoms with Crippen LogP contribution in [-0.4, -0.2) is 19.1 Å². The van der Waals surface area contributed by atoms with Gasteiger partial charge in [-0.1, -0.05) is 19.3 Å². The van der Waals surface area contributed by atoms with E-state index in [4.69, 9.17) is 10.5 Å². The fraction of sp³-hybridized carbons (Fsp3) is 0.909. The zero-order valence-electron chi connectivity index (χ0n) is 9.00. The zero-order valence-corrected chi connectivity index (χ0v) is 9.00. The quantitative estimate of drug-likeness (QED) is 0.656. The van der Waals surface area contributed by atoms with E-state index in [-0.39, 0.29) is 11.9 Å². The Bertz CT molecular complexity index is 182. The fourth-order valence-corrected chi connectivity index (χ4v) is 2.11. The van der Waals surface area contributed by atoms with Crippen LogP contribution in [0.25, 0.3) is 0 Å². The highest BCUT2D eigenvalue weighted by Crippen LogP contribution is 2.22. The van der Waals surface area contributed by atoms with Crippen LogP contribution in [0, 0.1) is 5.92 Å². The minimum absolute atomic E-state index is 0.0412. The summed E-state index contributed by atoms with van der Waals surface area (Å²) < 4.78 is 4.78. The first kappa shape index (κ1) is 11.5. The highest BCUT2D eigenvalue weighted by Gasteiger charge is 2.20. The summed E-state index contributed by atoms with van der Waals surface area (Å²) >= 11 is 0. The van der Waals surface area contributed by atoms with Gasteiger partial charge in [0.25, 0.3) is 0 Å². The zero-order chi connectivity index (χ0) is 10.4. The number of hydrogen-bond acceptors (Lipinski definition) is 3. The Morgan fingerprint density at radius 1 is 1.14 bits per heavy atom. The molecular formula is C11H21NO2. The van der Waals surface area contributed by atoms with Crippen molar-refractivity contribution in [3.63, 3.8) is 0 Å². The van der Waals surface area contributed by atoms with E-state index in [2.05, 4.69) is 0 Å². The van der Waals surface area contributed by atoms with Crippen LogP contribution >= 0.6 is 0 Å². The molecule has 82 valence electrons. The van der Waals surface area contributed by atoms with E-state index in [1.165, 1.54) is 7.11 Å². The molecule has 2 atom stereocenters. The van der Waals surface area contributed by atoms with Crippen molar-refractivity contribution in [1.82, 2.24) is 0 Å². The molecule has 0 radical (unpaired) electrons. The molecule has 3 nitrogen and oxygen atoms in total. The largest absolute Gasteiger partial charge is 0.469 e. The lowest BCUT2D eigenvalue weighted by Crippen LogP contribution is -2.19. The minimum atomic E-state index is -0.0412. The molecule has 1 aliphatic carbocycles. The molecular weight excluding hydrogens is 178 g/mol. The van der Waals surface area contributed by atoms with Crippen molar-refractivity contribution in [1.29, 1.82) is 0 Å². The van der Waals surface area contributed by atoms with Gasteiger partial charge >= 0.3 is 5.97 Å². The smallest absolute Gasteiger partial charge is 0.308 e. The molecule has 0 bridgehead atoms. The second-order valence-corrected chi connectivity index (χ2v) is 4.20. The lowest BCUT2D eigenvalue weighted by Gasteiger charge is -2.12. The molecule has 0 aromatic heterocycles. The van der Waals surface area contributed by atoms with E-state index in [9.17, 15) is 4.79 Å². The molecule has 2 N–H and O–H groups in total. The van der Waals surface area contributed by atoms with Gasteiger partial charge in [-0.05, 0) is 25.7 Å². The number of carbonyl (C=O) groups is 1. The van der Waals surface area contributed by atoms with Gasteiger partial charge in [-0.3, -0.25) is 4.79 Å². The number of nitrogens with two attached hydrogens (primary N) is 1. The molecule has 0 saturated heterocycles. The molecule has 0 aromatic carbocycles. The average molecular weight is 199 g/mol. The van der Waals surface area contributed by atoms with Crippen LogP contribution in [0.4, 0.5) is 0 Å². The van der Waals surface area contributed by atoms with E-state index in [1.54, 1.807) is 0 Å². The first-order chi connectivity index (χ1) is 6.74. The first-order valence-electron chi connectivity index (χ1n) is 5.57. The SMILES string of the molecule is COC(=O)[C@@H]1CCCCC(N)CCC1. The molecule has 0 amide bonds. The Labute approximate surface area is 86.0 Å². The van der Waals surface area contributed by atoms with Gasteiger partial charge in [-0.2, -0.15) is 0 Å². The predicted molar refractivity (Wildman–Crippen MR) is 55.8 cm³/mol. The Hall–Kier alpha value is -0.570. The third kappa shape index (κ3) is 3.66. The van der Waals surface area contributed by atoms with E-state index in [0.717, 1.165) is 44.9 Å². The van der Waals surface area contributed by atoms with Crippen LogP contribution in [0.3, 0.4) is 0 Å². The molecule has 0 aliphatic heterocycles. The molecule has 1 fully saturated rings. The van der Waals surface area contributed by atoms with E-state index in [0.29, 0.717) is 6.04 Å². The van der Waals surface area contributed by atoms with Gasteiger partial charge < -0.3 is 10.5 Å². The van der Waals surface area contributed by atoms with Crippen LogP contribution in [-0.2, 0) is 9.53 Å². The third-order valence-electron chi connectivity index (χ3n) is 3.04. The van der Waals surface area contributed by atoms with Gasteiger partial charge in [0.15, 0.2) is 0 Å². The standard InChI is InChI=1S/C11H21NO2/c1-14-11(13)9-5-2-3-7-10(12)8-4-6-9/h9-10H,2-8,12H2,1H3/t9-,10?/m1/s1. The Morgan fingerprint density at radius 2 is 1.71 bits per heavy atom. The second-order valence-electron chi connectivity index (χ2n) is 4.20. The van der Waals surface area contributed by atoms with Crippen LogP contribution in [0.1, 0.15) is 44.9 Å². The highest BCUT2D eigenvalue weighted by molar-refractivity contribution is 5.72. The fourth-order valence-electron chi connectivity index (χ4n) is 2.11. The van der Waals surface area contributed by atoms with E-state index < -0.39 is 0 Å². The van der Waals surface area contributed by atoms with Crippen molar-refractivity contribution in [3.8, 4) is 0 Å². The lowest BCUT2D eigenvalue weighted by atomic mass is 9.97. The van der Waals surface area contributed by atoms with Gasteiger partial charge in [0.1, 0.15) is 0 Å². The molecule has 0 heterocycles. The molecule has 1 aliphatic rings. The minimum Gasteiger partial charge on any atom is -0.469 e. The maximum Gasteiger partial charge on any atom is 0.308 e. The lowest BCUT2D eigenvalue weighted by molar-refractivity contribution is -0.146. The predicted octanol–water partition coefficient (Wildman–Crippen LogP) is 1.85. The van der Waals surface area contributed by atoms with Crippen LogP contribution < -0.4 is 5.73 Å². The average Bonchev–Trinajstić information content (AvgIpc) is 2.29. The summed E-state index contributed by atoms with van der Waals surface area (Å²) in [7, 11) is 1.47. The second kappa shape index (κ2) is 6.02. The monoisotopic (exact) mass is 199 g/mol. The maximum absolute atomic E-state index is 11.4. The summed E-state index contributed by atoms with van der Waals surface area (Å²) in [6.45, 7) is 0. The Morgan fingerprint density at radius 3 is 2.43 bits per heavy atom. The van der Waals surface area contributed by atoms with Crippen molar-refractivity contribution in [2.24, 2.45) is 11.7 Å². The highest BCUT2D eigenvalue weighted by atomic mass is 16.5. The van der Waals surface area contributed by atoms with Crippen LogP contribution in [0.5, 0.6) is 0 Å². The summed E-state index contributed by atoms with van der Waals surface area (Å²) in [6.07, 6.45) is 7.38. The number of esters is 1. The van der Waals surface area contributed by atoms with Gasteiger partial charge in [0, 0.05) is 6.04 Å². The third-order valence-corrected chi connectivity index (χ3v) is 3.04. The van der Waals surface area contributed by atoms with Crippen LogP contribution in [0.2, 0.25) is 0 Å².